The third kappa shape index (κ3) is 2.65. The quantitative estimate of drug-likeness (QED) is 0.802. The Morgan fingerprint density at radius 3 is 2.31 bits per heavy atom. The van der Waals surface area contributed by atoms with Crippen LogP contribution in [-0.2, 0) is 9.53 Å². The van der Waals surface area contributed by atoms with Crippen LogP contribution in [0.3, 0.4) is 0 Å². The third-order valence-corrected chi connectivity index (χ3v) is 3.42. The number of hydrogen-bond acceptors (Lipinski definition) is 3. The van der Waals surface area contributed by atoms with E-state index in [4.69, 9.17) is 5.11 Å². The van der Waals surface area contributed by atoms with E-state index < -0.39 is 17.6 Å². The van der Waals surface area contributed by atoms with Gasteiger partial charge in [-0.3, -0.25) is 4.79 Å². The number of carboxylic acid groups (broad SMARTS) is 1. The summed E-state index contributed by atoms with van der Waals surface area (Å²) < 4.78 is 4.67. The SMILES string of the molecule is COC(=O)N(C)C1(CC(=O)O)CCCCC1. The molecular weight excluding hydrogens is 210 g/mol. The van der Waals surface area contributed by atoms with Crippen molar-refractivity contribution in [1.29, 1.82) is 0 Å². The Hall–Kier alpha value is -1.26. The highest BCUT2D eigenvalue weighted by Crippen LogP contribution is 2.36. The predicted molar refractivity (Wildman–Crippen MR) is 58.2 cm³/mol. The number of ether oxygens (including phenoxy) is 1. The van der Waals surface area contributed by atoms with Gasteiger partial charge < -0.3 is 14.7 Å². The average molecular weight is 229 g/mol. The van der Waals surface area contributed by atoms with Crippen molar-refractivity contribution >= 4 is 12.1 Å². The molecule has 16 heavy (non-hydrogen) atoms. The molecule has 0 atom stereocenters. The molecule has 0 spiro atoms. The molecule has 1 fully saturated rings. The van der Waals surface area contributed by atoms with E-state index in [2.05, 4.69) is 4.74 Å². The minimum atomic E-state index is -0.863. The summed E-state index contributed by atoms with van der Waals surface area (Å²) >= 11 is 0. The van der Waals surface area contributed by atoms with E-state index in [1.165, 1.54) is 12.0 Å². The molecule has 0 aliphatic heterocycles. The maximum Gasteiger partial charge on any atom is 0.409 e. The van der Waals surface area contributed by atoms with Gasteiger partial charge in [-0.25, -0.2) is 4.79 Å². The zero-order valence-corrected chi connectivity index (χ0v) is 9.86. The fourth-order valence-electron chi connectivity index (χ4n) is 2.45. The van der Waals surface area contributed by atoms with Gasteiger partial charge in [-0.05, 0) is 12.8 Å². The number of methoxy groups -OCH3 is 1. The number of amides is 1. The first kappa shape index (κ1) is 12.8. The van der Waals surface area contributed by atoms with Crippen LogP contribution in [0.5, 0.6) is 0 Å². The van der Waals surface area contributed by atoms with Crippen LogP contribution in [0.2, 0.25) is 0 Å². The van der Waals surface area contributed by atoms with Crippen molar-refractivity contribution in [3.05, 3.63) is 0 Å². The summed E-state index contributed by atoms with van der Waals surface area (Å²) in [5, 5.41) is 8.96. The fraction of sp³-hybridized carbons (Fsp3) is 0.818. The number of carbonyl (C=O) groups is 2. The summed E-state index contributed by atoms with van der Waals surface area (Å²) in [4.78, 5) is 23.9. The summed E-state index contributed by atoms with van der Waals surface area (Å²) in [6, 6.07) is 0. The van der Waals surface area contributed by atoms with Gasteiger partial charge in [0.05, 0.1) is 19.1 Å². The number of carbonyl (C=O) groups excluding carboxylic acids is 1. The van der Waals surface area contributed by atoms with Gasteiger partial charge in [0.15, 0.2) is 0 Å². The summed E-state index contributed by atoms with van der Waals surface area (Å²) in [5.74, 6) is -0.863. The Bertz CT molecular complexity index is 271. The van der Waals surface area contributed by atoms with Crippen molar-refractivity contribution in [1.82, 2.24) is 4.90 Å². The van der Waals surface area contributed by atoms with Gasteiger partial charge in [-0.15, -0.1) is 0 Å². The molecule has 1 rings (SSSR count). The molecule has 5 nitrogen and oxygen atoms in total. The van der Waals surface area contributed by atoms with Crippen LogP contribution in [0.4, 0.5) is 4.79 Å². The van der Waals surface area contributed by atoms with Crippen LogP contribution in [0.1, 0.15) is 38.5 Å². The van der Waals surface area contributed by atoms with Crippen molar-refractivity contribution in [3.63, 3.8) is 0 Å². The van der Waals surface area contributed by atoms with Gasteiger partial charge in [-0.1, -0.05) is 19.3 Å². The Balaban J connectivity index is 2.84. The normalized spacial score (nSPS) is 18.9. The first-order valence-corrected chi connectivity index (χ1v) is 5.55. The lowest BCUT2D eigenvalue weighted by atomic mass is 9.78. The van der Waals surface area contributed by atoms with Gasteiger partial charge in [-0.2, -0.15) is 0 Å². The van der Waals surface area contributed by atoms with E-state index in [1.807, 2.05) is 0 Å². The van der Waals surface area contributed by atoms with E-state index >= 15 is 0 Å². The molecule has 0 saturated heterocycles. The number of aliphatic carboxylic acids is 1. The van der Waals surface area contributed by atoms with Gasteiger partial charge in [0.1, 0.15) is 0 Å². The predicted octanol–water partition coefficient (Wildman–Crippen LogP) is 1.86. The zero-order valence-electron chi connectivity index (χ0n) is 9.86. The van der Waals surface area contributed by atoms with Crippen LogP contribution >= 0.6 is 0 Å². The highest BCUT2D eigenvalue weighted by Gasteiger charge is 2.40. The van der Waals surface area contributed by atoms with Crippen LogP contribution in [0, 0.1) is 0 Å². The lowest BCUT2D eigenvalue weighted by Gasteiger charge is -2.42. The maximum absolute atomic E-state index is 11.5. The van der Waals surface area contributed by atoms with E-state index in [-0.39, 0.29) is 6.42 Å². The molecular formula is C11H19NO4. The monoisotopic (exact) mass is 229 g/mol. The van der Waals surface area contributed by atoms with E-state index in [0.29, 0.717) is 0 Å². The summed E-state index contributed by atoms with van der Waals surface area (Å²) in [6.07, 6.45) is 4.07. The first-order chi connectivity index (χ1) is 7.52. The third-order valence-electron chi connectivity index (χ3n) is 3.42. The van der Waals surface area contributed by atoms with Crippen LogP contribution in [0.25, 0.3) is 0 Å². The maximum atomic E-state index is 11.5. The number of hydrogen-bond donors (Lipinski definition) is 1. The number of nitrogens with zero attached hydrogens (tertiary/aromatic N) is 1. The number of carboxylic acids is 1. The van der Waals surface area contributed by atoms with Crippen molar-refractivity contribution in [2.24, 2.45) is 0 Å². The van der Waals surface area contributed by atoms with Gasteiger partial charge in [0.25, 0.3) is 0 Å². The minimum Gasteiger partial charge on any atom is -0.481 e. The standard InChI is InChI=1S/C11H19NO4/c1-12(10(15)16-2)11(8-9(13)14)6-4-3-5-7-11/h3-8H2,1-2H3,(H,13,14). The summed E-state index contributed by atoms with van der Waals surface area (Å²) in [6.45, 7) is 0. The zero-order chi connectivity index (χ0) is 12.2. The highest BCUT2D eigenvalue weighted by molar-refractivity contribution is 5.72. The Morgan fingerprint density at radius 2 is 1.88 bits per heavy atom. The van der Waals surface area contributed by atoms with Crippen LogP contribution < -0.4 is 0 Å². The van der Waals surface area contributed by atoms with Gasteiger partial charge in [0.2, 0.25) is 0 Å². The molecule has 0 aromatic carbocycles. The average Bonchev–Trinajstić information content (AvgIpc) is 2.27. The molecule has 0 bridgehead atoms. The molecule has 5 heteroatoms. The Labute approximate surface area is 95.4 Å². The smallest absolute Gasteiger partial charge is 0.409 e. The molecule has 0 heterocycles. The first-order valence-electron chi connectivity index (χ1n) is 5.55. The lowest BCUT2D eigenvalue weighted by Crippen LogP contribution is -2.52. The van der Waals surface area contributed by atoms with Crippen molar-refractivity contribution in [2.75, 3.05) is 14.2 Å². The van der Waals surface area contributed by atoms with Crippen molar-refractivity contribution < 1.29 is 19.4 Å². The topological polar surface area (TPSA) is 66.8 Å². The minimum absolute atomic E-state index is 0.00139. The highest BCUT2D eigenvalue weighted by atomic mass is 16.5. The number of rotatable bonds is 3. The molecule has 92 valence electrons. The molecule has 1 aliphatic carbocycles. The van der Waals surface area contributed by atoms with Gasteiger partial charge >= 0.3 is 12.1 Å². The second-order valence-corrected chi connectivity index (χ2v) is 4.38. The molecule has 0 radical (unpaired) electrons. The summed E-state index contributed by atoms with van der Waals surface area (Å²) in [7, 11) is 2.94. The van der Waals surface area contributed by atoms with E-state index in [0.717, 1.165) is 32.1 Å². The molecule has 1 N–H and O–H groups in total. The van der Waals surface area contributed by atoms with Crippen LogP contribution in [-0.4, -0.2) is 41.8 Å². The molecule has 0 unspecified atom stereocenters. The second-order valence-electron chi connectivity index (χ2n) is 4.38. The molecule has 0 aromatic rings. The summed E-state index contributed by atoms with van der Waals surface area (Å²) in [5.41, 5.74) is -0.558. The second kappa shape index (κ2) is 5.18. The fourth-order valence-corrected chi connectivity index (χ4v) is 2.45. The van der Waals surface area contributed by atoms with Crippen molar-refractivity contribution in [3.8, 4) is 0 Å². The molecule has 1 amide bonds. The van der Waals surface area contributed by atoms with Crippen molar-refractivity contribution in [2.45, 2.75) is 44.1 Å². The lowest BCUT2D eigenvalue weighted by molar-refractivity contribution is -0.140. The molecule has 0 aromatic heterocycles. The van der Waals surface area contributed by atoms with E-state index in [1.54, 1.807) is 7.05 Å². The molecule has 1 saturated carbocycles. The largest absolute Gasteiger partial charge is 0.481 e. The Morgan fingerprint density at radius 1 is 1.31 bits per heavy atom. The molecule has 1 aliphatic rings. The van der Waals surface area contributed by atoms with Crippen LogP contribution in [0.15, 0.2) is 0 Å². The Kier molecular flexibility index (Phi) is 4.15. The van der Waals surface area contributed by atoms with Gasteiger partial charge in [0, 0.05) is 7.05 Å². The van der Waals surface area contributed by atoms with E-state index in [9.17, 15) is 9.59 Å².